The van der Waals surface area contributed by atoms with Gasteiger partial charge in [-0.25, -0.2) is 0 Å². The number of ether oxygens (including phenoxy) is 2. The van der Waals surface area contributed by atoms with E-state index in [1.165, 1.54) is 0 Å². The minimum absolute atomic E-state index is 0. The smallest absolute Gasteiger partial charge is 0.251 e. The molecule has 3 rings (SSSR count). The molecule has 5 nitrogen and oxygen atoms in total. The molecule has 1 aromatic carbocycles. The van der Waals surface area contributed by atoms with Gasteiger partial charge in [0.2, 0.25) is 5.91 Å². The van der Waals surface area contributed by atoms with Gasteiger partial charge in [0.1, 0.15) is 0 Å². The van der Waals surface area contributed by atoms with Crippen molar-refractivity contribution in [3.63, 3.8) is 0 Å². The van der Waals surface area contributed by atoms with Crippen molar-refractivity contribution >= 4 is 24.0 Å². The number of carbonyl (C=O) groups is 1. The summed E-state index contributed by atoms with van der Waals surface area (Å²) in [5.74, 6) is 0.977. The molecule has 0 unspecified atom stereocenters. The number of carbonyl (C=O) groups excluding carboxylic acids is 1. The number of fused-ring (bicyclic) bond motifs is 1. The van der Waals surface area contributed by atoms with E-state index < -0.39 is 5.79 Å². The summed E-state index contributed by atoms with van der Waals surface area (Å²) in [6.07, 6.45) is 4.14. The lowest BCUT2D eigenvalue weighted by atomic mass is 10.2. The summed E-state index contributed by atoms with van der Waals surface area (Å²) in [5.41, 5.74) is 0.734. The first kappa shape index (κ1) is 14.9. The van der Waals surface area contributed by atoms with Crippen LogP contribution in [0.1, 0.15) is 25.7 Å². The maximum Gasteiger partial charge on any atom is 0.251 e. The van der Waals surface area contributed by atoms with E-state index in [1.807, 2.05) is 18.2 Å². The van der Waals surface area contributed by atoms with Gasteiger partial charge in [-0.2, -0.15) is 0 Å². The van der Waals surface area contributed by atoms with E-state index in [2.05, 4.69) is 10.6 Å². The van der Waals surface area contributed by atoms with Gasteiger partial charge in [0.15, 0.2) is 11.5 Å². The minimum atomic E-state index is -0.448. The highest BCUT2D eigenvalue weighted by Gasteiger charge is 2.44. The van der Waals surface area contributed by atoms with Gasteiger partial charge in [-0.1, -0.05) is 0 Å². The molecule has 6 heteroatoms. The van der Waals surface area contributed by atoms with Crippen LogP contribution in [0.4, 0.5) is 5.69 Å². The summed E-state index contributed by atoms with van der Waals surface area (Å²) in [5, 5.41) is 5.63. The Bertz CT molecular complexity index is 501. The molecule has 110 valence electrons. The maximum atomic E-state index is 11.5. The van der Waals surface area contributed by atoms with Gasteiger partial charge < -0.3 is 20.1 Å². The zero-order chi connectivity index (χ0) is 13.3. The van der Waals surface area contributed by atoms with Gasteiger partial charge in [0, 0.05) is 24.6 Å². The number of rotatable bonds is 3. The second-order valence-corrected chi connectivity index (χ2v) is 5.06. The van der Waals surface area contributed by atoms with Crippen LogP contribution >= 0.6 is 12.4 Å². The zero-order valence-corrected chi connectivity index (χ0v) is 12.2. The monoisotopic (exact) mass is 298 g/mol. The van der Waals surface area contributed by atoms with Crippen LogP contribution in [0.2, 0.25) is 0 Å². The Balaban J connectivity index is 0.00000147. The van der Waals surface area contributed by atoms with Gasteiger partial charge in [-0.15, -0.1) is 12.4 Å². The van der Waals surface area contributed by atoms with E-state index in [4.69, 9.17) is 9.47 Å². The van der Waals surface area contributed by atoms with E-state index in [1.54, 1.807) is 7.05 Å². The van der Waals surface area contributed by atoms with Gasteiger partial charge >= 0.3 is 0 Å². The third kappa shape index (κ3) is 2.83. The van der Waals surface area contributed by atoms with E-state index >= 15 is 0 Å². The molecular formula is C14H19ClN2O3. The third-order valence-electron chi connectivity index (χ3n) is 3.52. The molecule has 0 radical (unpaired) electrons. The number of hydrogen-bond acceptors (Lipinski definition) is 4. The molecule has 1 aromatic rings. The Morgan fingerprint density at radius 1 is 1.25 bits per heavy atom. The molecule has 20 heavy (non-hydrogen) atoms. The van der Waals surface area contributed by atoms with Crippen LogP contribution in [0, 0.1) is 0 Å². The first-order valence-corrected chi connectivity index (χ1v) is 6.67. The topological polar surface area (TPSA) is 59.6 Å². The SMILES string of the molecule is CNCC(=O)Nc1ccc2c(c1)OC1(CCCC1)O2.Cl. The molecule has 1 spiro atoms. The van der Waals surface area contributed by atoms with Crippen molar-refractivity contribution in [2.75, 3.05) is 18.9 Å². The molecule has 0 bridgehead atoms. The van der Waals surface area contributed by atoms with Crippen LogP contribution in [0.3, 0.4) is 0 Å². The van der Waals surface area contributed by atoms with Crippen LogP contribution in [0.25, 0.3) is 0 Å². The first-order chi connectivity index (χ1) is 9.21. The van der Waals surface area contributed by atoms with Gasteiger partial charge in [-0.3, -0.25) is 4.79 Å². The molecule has 2 aliphatic rings. The van der Waals surface area contributed by atoms with Crippen molar-refractivity contribution < 1.29 is 14.3 Å². The molecule has 1 amide bonds. The summed E-state index contributed by atoms with van der Waals surface area (Å²) in [7, 11) is 1.74. The Morgan fingerprint density at radius 3 is 2.65 bits per heavy atom. The number of hydrogen-bond donors (Lipinski definition) is 2. The molecule has 1 aliphatic heterocycles. The summed E-state index contributed by atoms with van der Waals surface area (Å²) < 4.78 is 11.9. The maximum absolute atomic E-state index is 11.5. The van der Waals surface area contributed by atoms with Crippen LogP contribution in [0.5, 0.6) is 11.5 Å². The Morgan fingerprint density at radius 2 is 1.95 bits per heavy atom. The Kier molecular flexibility index (Phi) is 4.40. The van der Waals surface area contributed by atoms with Crippen LogP contribution in [0.15, 0.2) is 18.2 Å². The summed E-state index contributed by atoms with van der Waals surface area (Å²) in [6.45, 7) is 0.290. The molecule has 1 fully saturated rings. The second-order valence-electron chi connectivity index (χ2n) is 5.06. The van der Waals surface area contributed by atoms with Crippen molar-refractivity contribution in [1.82, 2.24) is 5.32 Å². The van der Waals surface area contributed by atoms with Crippen molar-refractivity contribution in [2.45, 2.75) is 31.5 Å². The lowest BCUT2D eigenvalue weighted by molar-refractivity contribution is -0.115. The fourth-order valence-electron chi connectivity index (χ4n) is 2.66. The Labute approximate surface area is 124 Å². The lowest BCUT2D eigenvalue weighted by Gasteiger charge is -2.21. The average molecular weight is 299 g/mol. The molecule has 1 heterocycles. The summed E-state index contributed by atoms with van der Waals surface area (Å²) in [6, 6.07) is 5.52. The molecule has 0 aromatic heterocycles. The van der Waals surface area contributed by atoms with Crippen LogP contribution < -0.4 is 20.1 Å². The van der Waals surface area contributed by atoms with E-state index in [0.29, 0.717) is 6.54 Å². The summed E-state index contributed by atoms with van der Waals surface area (Å²) >= 11 is 0. The fourth-order valence-corrected chi connectivity index (χ4v) is 2.66. The van der Waals surface area contributed by atoms with Crippen molar-refractivity contribution in [3.05, 3.63) is 18.2 Å². The molecule has 2 N–H and O–H groups in total. The highest BCUT2D eigenvalue weighted by molar-refractivity contribution is 5.92. The van der Waals surface area contributed by atoms with E-state index in [0.717, 1.165) is 42.9 Å². The predicted molar refractivity (Wildman–Crippen MR) is 78.7 cm³/mol. The minimum Gasteiger partial charge on any atom is -0.448 e. The van der Waals surface area contributed by atoms with E-state index in [9.17, 15) is 4.79 Å². The van der Waals surface area contributed by atoms with Crippen molar-refractivity contribution in [3.8, 4) is 11.5 Å². The average Bonchev–Trinajstić information content (AvgIpc) is 2.96. The second kappa shape index (κ2) is 5.89. The summed E-state index contributed by atoms with van der Waals surface area (Å²) in [4.78, 5) is 11.5. The highest BCUT2D eigenvalue weighted by Crippen LogP contribution is 2.47. The third-order valence-corrected chi connectivity index (χ3v) is 3.52. The molecule has 1 saturated carbocycles. The number of benzene rings is 1. The van der Waals surface area contributed by atoms with E-state index in [-0.39, 0.29) is 18.3 Å². The van der Waals surface area contributed by atoms with Crippen LogP contribution in [-0.4, -0.2) is 25.3 Å². The number of anilines is 1. The lowest BCUT2D eigenvalue weighted by Crippen LogP contribution is -2.34. The highest BCUT2D eigenvalue weighted by atomic mass is 35.5. The largest absolute Gasteiger partial charge is 0.448 e. The number of amides is 1. The first-order valence-electron chi connectivity index (χ1n) is 6.67. The van der Waals surface area contributed by atoms with Gasteiger partial charge in [0.25, 0.3) is 5.79 Å². The quantitative estimate of drug-likeness (QED) is 0.899. The fraction of sp³-hybridized carbons (Fsp3) is 0.500. The number of halogens is 1. The zero-order valence-electron chi connectivity index (χ0n) is 11.4. The number of nitrogens with one attached hydrogen (secondary N) is 2. The number of likely N-dealkylation sites (N-methyl/N-ethyl adjacent to an activating group) is 1. The van der Waals surface area contributed by atoms with Crippen molar-refractivity contribution in [1.29, 1.82) is 0 Å². The Hall–Kier alpha value is -1.46. The standard InChI is InChI=1S/C14H18N2O3.ClH/c1-15-9-13(17)16-10-4-5-11-12(8-10)19-14(18-11)6-2-3-7-14;/h4-5,8,15H,2-3,6-7,9H2,1H3,(H,16,17);1H. The normalized spacial score (nSPS) is 17.9. The molecule has 1 aliphatic carbocycles. The molecule has 0 atom stereocenters. The molecule has 0 saturated heterocycles. The van der Waals surface area contributed by atoms with Gasteiger partial charge in [0.05, 0.1) is 6.54 Å². The van der Waals surface area contributed by atoms with Gasteiger partial charge in [-0.05, 0) is 32.0 Å². The van der Waals surface area contributed by atoms with Crippen LogP contribution in [-0.2, 0) is 4.79 Å². The predicted octanol–water partition coefficient (Wildman–Crippen LogP) is 2.31. The molecular weight excluding hydrogens is 280 g/mol. The van der Waals surface area contributed by atoms with Crippen molar-refractivity contribution in [2.24, 2.45) is 0 Å².